The fourth-order valence-corrected chi connectivity index (χ4v) is 1.91. The van der Waals surface area contributed by atoms with Gasteiger partial charge in [-0.15, -0.1) is 24.0 Å². The second kappa shape index (κ2) is 10.2. The first-order valence-electron chi connectivity index (χ1n) is 7.64. The van der Waals surface area contributed by atoms with Crippen LogP contribution in [0.15, 0.2) is 42.0 Å². The van der Waals surface area contributed by atoms with Gasteiger partial charge in [0.15, 0.2) is 5.96 Å². The minimum atomic E-state index is 0. The lowest BCUT2D eigenvalue weighted by Gasteiger charge is -2.13. The molecule has 126 valence electrons. The van der Waals surface area contributed by atoms with Crippen LogP contribution in [0.2, 0.25) is 0 Å². The number of hydrogen-bond acceptors (Lipinski definition) is 3. The third kappa shape index (κ3) is 6.55. The third-order valence-electron chi connectivity index (χ3n) is 3.02. The van der Waals surface area contributed by atoms with Crippen LogP contribution in [0.3, 0.4) is 0 Å². The predicted molar refractivity (Wildman–Crippen MR) is 104 cm³/mol. The van der Waals surface area contributed by atoms with Crippen molar-refractivity contribution in [1.82, 2.24) is 25.2 Å². The van der Waals surface area contributed by atoms with E-state index in [0.29, 0.717) is 12.5 Å². The predicted octanol–water partition coefficient (Wildman–Crippen LogP) is 2.60. The molecule has 0 radical (unpaired) electrons. The van der Waals surface area contributed by atoms with Gasteiger partial charge < -0.3 is 10.6 Å². The maximum Gasteiger partial charge on any atom is 0.191 e. The molecule has 23 heavy (non-hydrogen) atoms. The molecule has 7 heteroatoms. The Labute approximate surface area is 154 Å². The van der Waals surface area contributed by atoms with Crippen LogP contribution in [-0.4, -0.2) is 33.6 Å². The van der Waals surface area contributed by atoms with Gasteiger partial charge in [-0.25, -0.2) is 15.0 Å². The van der Waals surface area contributed by atoms with Crippen LogP contribution in [0.4, 0.5) is 0 Å². The van der Waals surface area contributed by atoms with Gasteiger partial charge in [0.2, 0.25) is 0 Å². The Morgan fingerprint density at radius 3 is 2.78 bits per heavy atom. The zero-order valence-electron chi connectivity index (χ0n) is 13.9. The molecule has 0 bridgehead atoms. The summed E-state index contributed by atoms with van der Waals surface area (Å²) >= 11 is 0. The summed E-state index contributed by atoms with van der Waals surface area (Å²) in [6.45, 7) is 8.78. The van der Waals surface area contributed by atoms with Gasteiger partial charge in [-0.05, 0) is 30.5 Å². The maximum absolute atomic E-state index is 4.62. The van der Waals surface area contributed by atoms with E-state index < -0.39 is 0 Å². The Hall–Kier alpha value is -1.64. The Morgan fingerprint density at radius 1 is 1.30 bits per heavy atom. The number of imidazole rings is 1. The molecule has 0 aliphatic rings. The van der Waals surface area contributed by atoms with Crippen molar-refractivity contribution in [2.24, 2.45) is 10.9 Å². The van der Waals surface area contributed by atoms with Gasteiger partial charge in [0, 0.05) is 31.7 Å². The topological polar surface area (TPSA) is 67.1 Å². The van der Waals surface area contributed by atoms with Gasteiger partial charge in [-0.2, -0.15) is 0 Å². The van der Waals surface area contributed by atoms with E-state index in [2.05, 4.69) is 46.4 Å². The van der Waals surface area contributed by atoms with E-state index in [1.165, 1.54) is 0 Å². The number of halogens is 1. The van der Waals surface area contributed by atoms with E-state index >= 15 is 0 Å². The fraction of sp³-hybridized carbons (Fsp3) is 0.438. The van der Waals surface area contributed by atoms with E-state index in [-0.39, 0.29) is 24.0 Å². The third-order valence-corrected chi connectivity index (χ3v) is 3.02. The van der Waals surface area contributed by atoms with Gasteiger partial charge in [0.25, 0.3) is 0 Å². The van der Waals surface area contributed by atoms with E-state index in [4.69, 9.17) is 0 Å². The zero-order chi connectivity index (χ0) is 15.8. The summed E-state index contributed by atoms with van der Waals surface area (Å²) in [6, 6.07) is 4.01. The number of hydrogen-bond donors (Lipinski definition) is 2. The van der Waals surface area contributed by atoms with Crippen LogP contribution in [0, 0.1) is 5.92 Å². The maximum atomic E-state index is 4.62. The van der Waals surface area contributed by atoms with Crippen LogP contribution >= 0.6 is 24.0 Å². The summed E-state index contributed by atoms with van der Waals surface area (Å²) in [4.78, 5) is 13.0. The molecule has 2 N–H and O–H groups in total. The van der Waals surface area contributed by atoms with E-state index in [0.717, 1.165) is 30.4 Å². The Kier molecular flexibility index (Phi) is 8.60. The SMILES string of the molecule is CCNC(=NCc1ccnc(-n2ccnc2)c1)NCC(C)C.I. The molecule has 2 aromatic rings. The van der Waals surface area contributed by atoms with Crippen molar-refractivity contribution in [2.45, 2.75) is 27.3 Å². The molecule has 0 saturated heterocycles. The minimum absolute atomic E-state index is 0. The standard InChI is InChI=1S/C16H24N6.HI/c1-4-18-16(20-10-13(2)3)21-11-14-5-6-19-15(9-14)22-8-7-17-12-22;/h5-9,12-13H,4,10-11H2,1-3H3,(H2,18,20,21);1H. The van der Waals surface area contributed by atoms with Crippen LogP contribution < -0.4 is 10.6 Å². The molecule has 0 saturated carbocycles. The molecule has 2 heterocycles. The van der Waals surface area contributed by atoms with Crippen molar-refractivity contribution >= 4 is 29.9 Å². The lowest BCUT2D eigenvalue weighted by Crippen LogP contribution is -2.39. The highest BCUT2D eigenvalue weighted by Crippen LogP contribution is 2.07. The highest BCUT2D eigenvalue weighted by atomic mass is 127. The average Bonchev–Trinajstić information content (AvgIpc) is 3.04. The van der Waals surface area contributed by atoms with Crippen molar-refractivity contribution in [3.63, 3.8) is 0 Å². The molecule has 6 nitrogen and oxygen atoms in total. The van der Waals surface area contributed by atoms with E-state index in [1.807, 2.05) is 22.9 Å². The van der Waals surface area contributed by atoms with Gasteiger partial charge in [0.1, 0.15) is 12.1 Å². The highest BCUT2D eigenvalue weighted by molar-refractivity contribution is 14.0. The highest BCUT2D eigenvalue weighted by Gasteiger charge is 2.01. The van der Waals surface area contributed by atoms with Crippen molar-refractivity contribution in [1.29, 1.82) is 0 Å². The largest absolute Gasteiger partial charge is 0.357 e. The lowest BCUT2D eigenvalue weighted by molar-refractivity contribution is 0.615. The molecule has 0 unspecified atom stereocenters. The average molecular weight is 428 g/mol. The zero-order valence-corrected chi connectivity index (χ0v) is 16.2. The first-order chi connectivity index (χ1) is 10.7. The summed E-state index contributed by atoms with van der Waals surface area (Å²) in [5.74, 6) is 2.28. The number of aliphatic imine (C=N–C) groups is 1. The molecule has 0 atom stereocenters. The molecule has 0 aliphatic heterocycles. The summed E-state index contributed by atoms with van der Waals surface area (Å²) in [5, 5.41) is 6.60. The summed E-state index contributed by atoms with van der Waals surface area (Å²) in [6.07, 6.45) is 7.16. The number of nitrogens with one attached hydrogen (secondary N) is 2. The molecule has 0 amide bonds. The number of rotatable bonds is 6. The Bertz CT molecular complexity index is 594. The molecular formula is C16H25IN6. The second-order valence-corrected chi connectivity index (χ2v) is 5.46. The van der Waals surface area contributed by atoms with Crippen LogP contribution in [0.25, 0.3) is 5.82 Å². The van der Waals surface area contributed by atoms with E-state index in [1.54, 1.807) is 18.7 Å². The summed E-state index contributed by atoms with van der Waals surface area (Å²) < 4.78 is 1.88. The first-order valence-corrected chi connectivity index (χ1v) is 7.64. The summed E-state index contributed by atoms with van der Waals surface area (Å²) in [5.41, 5.74) is 1.11. The van der Waals surface area contributed by atoms with Gasteiger partial charge >= 0.3 is 0 Å². The van der Waals surface area contributed by atoms with Gasteiger partial charge in [0.05, 0.1) is 6.54 Å². The van der Waals surface area contributed by atoms with Crippen molar-refractivity contribution in [2.75, 3.05) is 13.1 Å². The fourth-order valence-electron chi connectivity index (χ4n) is 1.91. The summed E-state index contributed by atoms with van der Waals surface area (Å²) in [7, 11) is 0. The molecule has 0 fully saturated rings. The number of pyridine rings is 1. The Morgan fingerprint density at radius 2 is 2.13 bits per heavy atom. The first kappa shape index (κ1) is 19.4. The quantitative estimate of drug-likeness (QED) is 0.422. The van der Waals surface area contributed by atoms with E-state index in [9.17, 15) is 0 Å². The molecule has 2 rings (SSSR count). The van der Waals surface area contributed by atoms with Gasteiger partial charge in [-0.1, -0.05) is 13.8 Å². The molecule has 2 aromatic heterocycles. The molecular weight excluding hydrogens is 403 g/mol. The number of guanidine groups is 1. The minimum Gasteiger partial charge on any atom is -0.357 e. The van der Waals surface area contributed by atoms with Crippen molar-refractivity contribution < 1.29 is 0 Å². The number of aromatic nitrogens is 3. The lowest BCUT2D eigenvalue weighted by atomic mass is 10.2. The molecule has 0 spiro atoms. The van der Waals surface area contributed by atoms with Gasteiger partial charge in [-0.3, -0.25) is 4.57 Å². The second-order valence-electron chi connectivity index (χ2n) is 5.46. The number of nitrogens with zero attached hydrogens (tertiary/aromatic N) is 4. The molecule has 0 aromatic carbocycles. The van der Waals surface area contributed by atoms with Crippen molar-refractivity contribution in [3.8, 4) is 5.82 Å². The monoisotopic (exact) mass is 428 g/mol. The smallest absolute Gasteiger partial charge is 0.191 e. The van der Waals surface area contributed by atoms with Crippen LogP contribution in [0.5, 0.6) is 0 Å². The van der Waals surface area contributed by atoms with Crippen LogP contribution in [-0.2, 0) is 6.54 Å². The molecule has 0 aliphatic carbocycles. The normalized spacial score (nSPS) is 11.2. The Balaban J connectivity index is 0.00000264. The van der Waals surface area contributed by atoms with Crippen LogP contribution in [0.1, 0.15) is 26.3 Å². The van der Waals surface area contributed by atoms with Crippen molar-refractivity contribution in [3.05, 3.63) is 42.6 Å².